The van der Waals surface area contributed by atoms with Crippen LogP contribution >= 0.6 is 27.5 Å². The minimum atomic E-state index is -3.93. The summed E-state index contributed by atoms with van der Waals surface area (Å²) in [5.74, 6) is -0.358. The number of aryl methyl sites for hydroxylation is 1. The third kappa shape index (κ3) is 7.40. The van der Waals surface area contributed by atoms with Crippen molar-refractivity contribution in [2.45, 2.75) is 37.2 Å². The highest BCUT2D eigenvalue weighted by molar-refractivity contribution is 9.10. The number of halogens is 2. The number of nitrogens with zero attached hydrogens (tertiary/aromatic N) is 1. The van der Waals surface area contributed by atoms with Crippen LogP contribution in [0.15, 0.2) is 88.2 Å². The molecule has 0 fully saturated rings. The largest absolute Gasteiger partial charge is 0.352 e. The Balaban J connectivity index is 1.73. The highest BCUT2D eigenvalue weighted by Gasteiger charge is 2.28. The molecule has 1 N–H and O–H groups in total. The summed E-state index contributed by atoms with van der Waals surface area (Å²) in [7, 11) is -3.93. The van der Waals surface area contributed by atoms with Crippen LogP contribution in [-0.4, -0.2) is 31.2 Å². The molecule has 0 aliphatic rings. The summed E-state index contributed by atoms with van der Waals surface area (Å²) in [4.78, 5) is 12.9. The van der Waals surface area contributed by atoms with Crippen molar-refractivity contribution in [3.8, 4) is 0 Å². The van der Waals surface area contributed by atoms with Crippen molar-refractivity contribution in [3.63, 3.8) is 0 Å². The van der Waals surface area contributed by atoms with Gasteiger partial charge in [0.05, 0.1) is 11.4 Å². The van der Waals surface area contributed by atoms with Gasteiger partial charge < -0.3 is 5.32 Å². The van der Waals surface area contributed by atoms with Crippen molar-refractivity contribution >= 4 is 43.5 Å². The van der Waals surface area contributed by atoms with E-state index in [-0.39, 0.29) is 29.9 Å². The number of hydrogen-bond donors (Lipinski definition) is 1. The van der Waals surface area contributed by atoms with Crippen LogP contribution in [0, 0.1) is 0 Å². The normalized spacial score (nSPS) is 12.5. The van der Waals surface area contributed by atoms with E-state index in [9.17, 15) is 13.2 Å². The Morgan fingerprint density at radius 2 is 1.64 bits per heavy atom. The van der Waals surface area contributed by atoms with Gasteiger partial charge in [-0.1, -0.05) is 76.1 Å². The predicted octanol–water partition coefficient (Wildman–Crippen LogP) is 5.43. The molecule has 1 amide bonds. The maximum atomic E-state index is 13.4. The molecule has 0 saturated heterocycles. The lowest BCUT2D eigenvalue weighted by Crippen LogP contribution is -2.43. The molecule has 0 saturated carbocycles. The van der Waals surface area contributed by atoms with Crippen molar-refractivity contribution in [2.75, 3.05) is 6.54 Å². The van der Waals surface area contributed by atoms with Crippen molar-refractivity contribution in [1.82, 2.24) is 9.62 Å². The molecule has 0 bridgehead atoms. The Kier molecular flexibility index (Phi) is 9.09. The Morgan fingerprint density at radius 3 is 2.30 bits per heavy atom. The third-order valence-corrected chi connectivity index (χ3v) is 7.90. The summed E-state index contributed by atoms with van der Waals surface area (Å²) in [6, 6.07) is 23.3. The molecule has 8 heteroatoms. The highest BCUT2D eigenvalue weighted by Crippen LogP contribution is 2.23. The fourth-order valence-corrected chi connectivity index (χ4v) is 5.21. The second kappa shape index (κ2) is 11.8. The number of carbonyl (C=O) groups excluding carboxylic acids is 1. The van der Waals surface area contributed by atoms with Crippen LogP contribution in [0.1, 0.15) is 24.5 Å². The second-order valence-electron chi connectivity index (χ2n) is 7.81. The smallest absolute Gasteiger partial charge is 0.243 e. The van der Waals surface area contributed by atoms with E-state index in [0.717, 1.165) is 21.6 Å². The van der Waals surface area contributed by atoms with Gasteiger partial charge in [0.15, 0.2) is 0 Å². The lowest BCUT2D eigenvalue weighted by molar-refractivity contribution is -0.122. The van der Waals surface area contributed by atoms with Crippen LogP contribution in [0.5, 0.6) is 0 Å². The van der Waals surface area contributed by atoms with Gasteiger partial charge in [0, 0.05) is 22.1 Å². The minimum Gasteiger partial charge on any atom is -0.352 e. The van der Waals surface area contributed by atoms with Crippen LogP contribution in [0.3, 0.4) is 0 Å². The van der Waals surface area contributed by atoms with Gasteiger partial charge in [-0.2, -0.15) is 4.31 Å². The first-order chi connectivity index (χ1) is 15.8. The van der Waals surface area contributed by atoms with Gasteiger partial charge in [-0.25, -0.2) is 8.42 Å². The molecule has 0 unspecified atom stereocenters. The topological polar surface area (TPSA) is 66.5 Å². The molecule has 0 aliphatic carbocycles. The Morgan fingerprint density at radius 1 is 1.00 bits per heavy atom. The van der Waals surface area contributed by atoms with Gasteiger partial charge in [-0.05, 0) is 61.2 Å². The highest BCUT2D eigenvalue weighted by atomic mass is 79.9. The number of rotatable bonds is 10. The quantitative estimate of drug-likeness (QED) is 0.367. The minimum absolute atomic E-state index is 0.0100. The molecule has 1 atom stereocenters. The van der Waals surface area contributed by atoms with Crippen molar-refractivity contribution in [3.05, 3.63) is 99.5 Å². The molecule has 0 aliphatic heterocycles. The Hall–Kier alpha value is -2.19. The molecule has 0 aromatic heterocycles. The monoisotopic (exact) mass is 548 g/mol. The number of carbonyl (C=O) groups is 1. The molecule has 33 heavy (non-hydrogen) atoms. The standard InChI is InChI=1S/C25H26BrClN2O3S/c1-19(11-12-20-7-3-2-4-8-20)28-25(30)18-29(17-21-9-5-6-10-24(21)27)33(31,32)23-15-13-22(26)14-16-23/h2-10,13-16,19H,11-12,17-18H2,1H3,(H,28,30)/t19-/m0/s1. The lowest BCUT2D eigenvalue weighted by Gasteiger charge is -2.23. The summed E-state index contributed by atoms with van der Waals surface area (Å²) in [5.41, 5.74) is 1.82. The van der Waals surface area contributed by atoms with E-state index in [2.05, 4.69) is 21.2 Å². The van der Waals surface area contributed by atoms with E-state index >= 15 is 0 Å². The van der Waals surface area contributed by atoms with Gasteiger partial charge >= 0.3 is 0 Å². The number of amides is 1. The van der Waals surface area contributed by atoms with Crippen molar-refractivity contribution in [1.29, 1.82) is 0 Å². The SMILES string of the molecule is C[C@@H](CCc1ccccc1)NC(=O)CN(Cc1ccccc1Cl)S(=O)(=O)c1ccc(Br)cc1. The fourth-order valence-electron chi connectivity index (χ4n) is 3.38. The average molecular weight is 550 g/mol. The van der Waals surface area contributed by atoms with Gasteiger partial charge in [0.1, 0.15) is 0 Å². The molecule has 174 valence electrons. The molecular formula is C25H26BrClN2O3S. The average Bonchev–Trinajstić information content (AvgIpc) is 2.79. The molecule has 3 aromatic rings. The molecule has 0 spiro atoms. The molecule has 5 nitrogen and oxygen atoms in total. The van der Waals surface area contributed by atoms with Crippen molar-refractivity contribution < 1.29 is 13.2 Å². The second-order valence-corrected chi connectivity index (χ2v) is 11.1. The zero-order valence-electron chi connectivity index (χ0n) is 18.2. The fraction of sp³-hybridized carbons (Fsp3) is 0.240. The van der Waals surface area contributed by atoms with E-state index < -0.39 is 10.0 Å². The van der Waals surface area contributed by atoms with Crippen LogP contribution < -0.4 is 5.32 Å². The van der Waals surface area contributed by atoms with E-state index in [0.29, 0.717) is 10.6 Å². The summed E-state index contributed by atoms with van der Waals surface area (Å²) >= 11 is 9.60. The van der Waals surface area contributed by atoms with Crippen molar-refractivity contribution in [2.24, 2.45) is 0 Å². The first kappa shape index (κ1) is 25.4. The number of sulfonamides is 1. The zero-order chi connectivity index (χ0) is 23.8. The molecular weight excluding hydrogens is 524 g/mol. The maximum Gasteiger partial charge on any atom is 0.243 e. The van der Waals surface area contributed by atoms with E-state index in [4.69, 9.17) is 11.6 Å². The predicted molar refractivity (Wildman–Crippen MR) is 136 cm³/mol. The summed E-state index contributed by atoms with van der Waals surface area (Å²) in [5, 5.41) is 3.38. The van der Waals surface area contributed by atoms with E-state index in [1.165, 1.54) is 17.7 Å². The summed E-state index contributed by atoms with van der Waals surface area (Å²) in [6.07, 6.45) is 1.57. The van der Waals surface area contributed by atoms with Crippen LogP contribution in [-0.2, 0) is 27.8 Å². The third-order valence-electron chi connectivity index (χ3n) is 5.19. The maximum absolute atomic E-state index is 13.4. The molecule has 3 rings (SSSR count). The molecule has 0 radical (unpaired) electrons. The number of hydrogen-bond acceptors (Lipinski definition) is 3. The number of benzene rings is 3. The molecule has 0 heterocycles. The number of nitrogens with one attached hydrogen (secondary N) is 1. The van der Waals surface area contributed by atoms with E-state index in [1.54, 1.807) is 36.4 Å². The van der Waals surface area contributed by atoms with Gasteiger partial charge in [0.2, 0.25) is 15.9 Å². The summed E-state index contributed by atoms with van der Waals surface area (Å²) < 4.78 is 28.7. The van der Waals surface area contributed by atoms with Gasteiger partial charge in [0.25, 0.3) is 0 Å². The molecule has 3 aromatic carbocycles. The Bertz CT molecular complexity index is 1170. The van der Waals surface area contributed by atoms with E-state index in [1.807, 2.05) is 37.3 Å². The van der Waals surface area contributed by atoms with Crippen LogP contribution in [0.4, 0.5) is 0 Å². The van der Waals surface area contributed by atoms with Crippen LogP contribution in [0.25, 0.3) is 0 Å². The van der Waals surface area contributed by atoms with Gasteiger partial charge in [-0.3, -0.25) is 4.79 Å². The van der Waals surface area contributed by atoms with Crippen LogP contribution in [0.2, 0.25) is 5.02 Å². The zero-order valence-corrected chi connectivity index (χ0v) is 21.4. The lowest BCUT2D eigenvalue weighted by atomic mass is 10.1. The summed E-state index contributed by atoms with van der Waals surface area (Å²) in [6.45, 7) is 1.60. The first-order valence-electron chi connectivity index (χ1n) is 10.6. The first-order valence-corrected chi connectivity index (χ1v) is 13.2. The Labute approximate surface area is 209 Å². The van der Waals surface area contributed by atoms with Gasteiger partial charge in [-0.15, -0.1) is 0 Å².